The summed E-state index contributed by atoms with van der Waals surface area (Å²) >= 11 is 0. The number of fused-ring (bicyclic) bond motifs is 2. The van der Waals surface area contributed by atoms with Gasteiger partial charge in [-0.1, -0.05) is 57.2 Å². The van der Waals surface area contributed by atoms with Gasteiger partial charge in [-0.15, -0.1) is 0 Å². The lowest BCUT2D eigenvalue weighted by molar-refractivity contribution is 0.122. The summed E-state index contributed by atoms with van der Waals surface area (Å²) in [5.74, 6) is 0.781. The van der Waals surface area contributed by atoms with Gasteiger partial charge in [-0.05, 0) is 54.5 Å². The Bertz CT molecular complexity index is 2010. The Morgan fingerprint density at radius 3 is 2.43 bits per heavy atom. The van der Waals surface area contributed by atoms with E-state index in [9.17, 15) is 8.42 Å². The van der Waals surface area contributed by atoms with Gasteiger partial charge in [-0.25, -0.2) is 28.1 Å². The number of nitrogens with one attached hydrogen (secondary N) is 1. The van der Waals surface area contributed by atoms with Crippen molar-refractivity contribution in [2.75, 3.05) is 44.4 Å². The molecular formula is C35H42N6O4SSi. The van der Waals surface area contributed by atoms with Crippen LogP contribution in [-0.2, 0) is 19.2 Å². The summed E-state index contributed by atoms with van der Waals surface area (Å²) in [6, 6.07) is 18.9. The molecule has 5 aromatic rings. The summed E-state index contributed by atoms with van der Waals surface area (Å²) in [5.41, 5.74) is 4.87. The maximum atomic E-state index is 13.1. The number of benzene rings is 2. The second-order valence-corrected chi connectivity index (χ2v) is 19.8. The third kappa shape index (κ3) is 7.31. The molecule has 3 aromatic heterocycles. The highest BCUT2D eigenvalue weighted by Crippen LogP contribution is 2.36. The van der Waals surface area contributed by atoms with Gasteiger partial charge in [0.05, 0.1) is 46.9 Å². The van der Waals surface area contributed by atoms with Crippen molar-refractivity contribution in [1.29, 1.82) is 0 Å². The molecule has 0 radical (unpaired) electrons. The molecule has 0 amide bonds. The number of aromatic nitrogens is 4. The predicted octanol–water partition coefficient (Wildman–Crippen LogP) is 6.25. The van der Waals surface area contributed by atoms with E-state index in [4.69, 9.17) is 24.1 Å². The SMILES string of the molecule is CC(C)(C)[Si](C)(C)OCCNS(=O)(=O)c1ccc(-c2cnc(N3CCOCC3)c3nc(/C=C/c4ccc5ccccc5n4)cn23)cc1. The van der Waals surface area contributed by atoms with Crippen LogP contribution in [0.4, 0.5) is 5.82 Å². The molecule has 2 aromatic carbocycles. The summed E-state index contributed by atoms with van der Waals surface area (Å²) in [6.45, 7) is 14.0. The van der Waals surface area contributed by atoms with E-state index in [1.807, 2.05) is 59.3 Å². The molecule has 0 unspecified atom stereocenters. The molecule has 0 spiro atoms. The highest BCUT2D eigenvalue weighted by Gasteiger charge is 2.37. The van der Waals surface area contributed by atoms with E-state index < -0.39 is 18.3 Å². The first kappa shape index (κ1) is 33.0. The number of morpholine rings is 1. The van der Waals surface area contributed by atoms with Crippen LogP contribution < -0.4 is 9.62 Å². The van der Waals surface area contributed by atoms with Crippen LogP contribution in [0.15, 0.2) is 78.0 Å². The maximum Gasteiger partial charge on any atom is 0.240 e. The van der Waals surface area contributed by atoms with Crippen LogP contribution in [0.2, 0.25) is 18.1 Å². The lowest BCUT2D eigenvalue weighted by Gasteiger charge is -2.36. The fourth-order valence-corrected chi connectivity index (χ4v) is 7.26. The minimum atomic E-state index is -3.70. The molecular weight excluding hydrogens is 629 g/mol. The van der Waals surface area contributed by atoms with Crippen LogP contribution >= 0.6 is 0 Å². The predicted molar refractivity (Wildman–Crippen MR) is 190 cm³/mol. The van der Waals surface area contributed by atoms with Crippen molar-refractivity contribution in [3.05, 3.63) is 84.4 Å². The zero-order valence-corrected chi connectivity index (χ0v) is 29.4. The van der Waals surface area contributed by atoms with Gasteiger partial charge in [-0.2, -0.15) is 0 Å². The quantitative estimate of drug-likeness (QED) is 0.137. The van der Waals surface area contributed by atoms with E-state index in [-0.39, 0.29) is 16.5 Å². The van der Waals surface area contributed by atoms with Gasteiger partial charge < -0.3 is 14.1 Å². The van der Waals surface area contributed by atoms with Crippen molar-refractivity contribution in [2.45, 2.75) is 43.8 Å². The number of pyridine rings is 1. The molecule has 0 aliphatic carbocycles. The minimum Gasteiger partial charge on any atom is -0.415 e. The van der Waals surface area contributed by atoms with E-state index in [0.29, 0.717) is 19.8 Å². The molecule has 0 atom stereocenters. The molecule has 1 aliphatic heterocycles. The molecule has 1 N–H and O–H groups in total. The Balaban J connectivity index is 1.26. The standard InChI is InChI=1S/C35H42N6O4SSi/c1-35(2,3)47(4,5)45-21-18-37-46(42,43)30-16-11-27(12-17-30)32-24-36-33(40-19-22-44-23-20-40)34-39-29(25-41(32)34)15-14-28-13-10-26-8-6-7-9-31(26)38-28/h6-17,24-25,37H,18-23H2,1-5H3/b15-14+. The Kier molecular flexibility index (Phi) is 9.32. The number of ether oxygens (including phenoxy) is 1. The first-order valence-corrected chi connectivity index (χ1v) is 20.3. The Morgan fingerprint density at radius 1 is 0.957 bits per heavy atom. The average molecular weight is 671 g/mol. The fraction of sp³-hybridized carbons (Fsp3) is 0.343. The lowest BCUT2D eigenvalue weighted by atomic mass is 10.1. The van der Waals surface area contributed by atoms with Gasteiger partial charge in [0.1, 0.15) is 0 Å². The number of para-hydroxylation sites is 1. The van der Waals surface area contributed by atoms with E-state index in [2.05, 4.69) is 49.6 Å². The molecule has 4 heterocycles. The van der Waals surface area contributed by atoms with Crippen LogP contribution in [0.1, 0.15) is 32.2 Å². The molecule has 12 heteroatoms. The Hall–Kier alpha value is -3.94. The number of rotatable bonds is 10. The highest BCUT2D eigenvalue weighted by atomic mass is 32.2. The maximum absolute atomic E-state index is 13.1. The Labute approximate surface area is 277 Å². The van der Waals surface area contributed by atoms with Crippen molar-refractivity contribution >= 4 is 52.9 Å². The number of anilines is 1. The third-order valence-electron chi connectivity index (χ3n) is 8.97. The topological polar surface area (TPSA) is 111 Å². The smallest absolute Gasteiger partial charge is 0.240 e. The number of sulfonamides is 1. The summed E-state index contributed by atoms with van der Waals surface area (Å²) in [7, 11) is -5.66. The van der Waals surface area contributed by atoms with Gasteiger partial charge in [0.25, 0.3) is 0 Å². The summed E-state index contributed by atoms with van der Waals surface area (Å²) in [6.07, 6.45) is 7.70. The van der Waals surface area contributed by atoms with E-state index in [1.54, 1.807) is 24.3 Å². The van der Waals surface area contributed by atoms with Crippen LogP contribution in [-0.4, -0.2) is 75.5 Å². The van der Waals surface area contributed by atoms with E-state index in [1.165, 1.54) is 0 Å². The monoisotopic (exact) mass is 670 g/mol. The summed E-state index contributed by atoms with van der Waals surface area (Å²) in [4.78, 5) is 16.9. The zero-order chi connectivity index (χ0) is 33.2. The molecule has 1 aliphatic rings. The van der Waals surface area contributed by atoms with E-state index >= 15 is 0 Å². The van der Waals surface area contributed by atoms with Crippen LogP contribution in [0, 0.1) is 0 Å². The first-order chi connectivity index (χ1) is 22.4. The number of hydrogen-bond acceptors (Lipinski definition) is 8. The molecule has 0 saturated carbocycles. The second kappa shape index (κ2) is 13.3. The van der Waals surface area contributed by atoms with E-state index in [0.717, 1.165) is 58.1 Å². The van der Waals surface area contributed by atoms with Gasteiger partial charge in [-0.3, -0.25) is 4.40 Å². The number of hydrogen-bond donors (Lipinski definition) is 1. The van der Waals surface area contributed by atoms with Crippen molar-refractivity contribution < 1.29 is 17.6 Å². The van der Waals surface area contributed by atoms with Crippen LogP contribution in [0.25, 0.3) is 40.0 Å². The van der Waals surface area contributed by atoms with Crippen molar-refractivity contribution in [3.63, 3.8) is 0 Å². The van der Waals surface area contributed by atoms with Crippen LogP contribution in [0.3, 0.4) is 0 Å². The summed E-state index contributed by atoms with van der Waals surface area (Å²) in [5, 5.41) is 1.15. The summed E-state index contributed by atoms with van der Waals surface area (Å²) < 4.78 is 42.6. The number of imidazole rings is 1. The molecule has 246 valence electrons. The second-order valence-electron chi connectivity index (χ2n) is 13.2. The molecule has 10 nitrogen and oxygen atoms in total. The normalized spacial score (nSPS) is 14.9. The molecule has 6 rings (SSSR count). The average Bonchev–Trinajstić information content (AvgIpc) is 3.49. The van der Waals surface area contributed by atoms with Crippen molar-refractivity contribution in [3.8, 4) is 11.3 Å². The number of nitrogens with zero attached hydrogens (tertiary/aromatic N) is 5. The third-order valence-corrected chi connectivity index (χ3v) is 15.0. The first-order valence-electron chi connectivity index (χ1n) is 15.9. The largest absolute Gasteiger partial charge is 0.415 e. The lowest BCUT2D eigenvalue weighted by Crippen LogP contribution is -2.42. The Morgan fingerprint density at radius 2 is 1.68 bits per heavy atom. The minimum absolute atomic E-state index is 0.0586. The molecule has 47 heavy (non-hydrogen) atoms. The van der Waals surface area contributed by atoms with Crippen LogP contribution in [0.5, 0.6) is 0 Å². The van der Waals surface area contributed by atoms with Gasteiger partial charge in [0, 0.05) is 43.4 Å². The van der Waals surface area contributed by atoms with Gasteiger partial charge >= 0.3 is 0 Å². The van der Waals surface area contributed by atoms with Crippen molar-refractivity contribution in [2.24, 2.45) is 0 Å². The van der Waals surface area contributed by atoms with Gasteiger partial charge in [0.2, 0.25) is 10.0 Å². The fourth-order valence-electron chi connectivity index (χ4n) is 5.21. The molecule has 0 bridgehead atoms. The highest BCUT2D eigenvalue weighted by molar-refractivity contribution is 7.89. The molecule has 1 saturated heterocycles. The zero-order valence-electron chi connectivity index (χ0n) is 27.6. The van der Waals surface area contributed by atoms with Crippen molar-refractivity contribution in [1.82, 2.24) is 24.1 Å². The molecule has 1 fully saturated rings. The van der Waals surface area contributed by atoms with Gasteiger partial charge in [0.15, 0.2) is 19.8 Å².